The highest BCUT2D eigenvalue weighted by atomic mass is 32.2. The molecule has 0 spiro atoms. The molecular weight excluding hydrogens is 242 g/mol. The molecule has 1 unspecified atom stereocenters. The van der Waals surface area contributed by atoms with Crippen molar-refractivity contribution in [3.8, 4) is 0 Å². The molecule has 102 valence electrons. The minimum absolute atomic E-state index is 0.346. The van der Waals surface area contributed by atoms with Gasteiger partial charge in [0.05, 0.1) is 13.7 Å². The van der Waals surface area contributed by atoms with E-state index in [0.717, 1.165) is 37.7 Å². The molecule has 0 aromatic heterocycles. The van der Waals surface area contributed by atoms with Gasteiger partial charge in [-0.25, -0.2) is 0 Å². The average Bonchev–Trinajstić information content (AvgIpc) is 2.35. The first kappa shape index (κ1) is 16.7. The predicted octanol–water partition coefficient (Wildman–Crippen LogP) is 0.663. The standard InChI is InChI=1S/C11H23NO4S/c1-14-5-3-6-16-7-9-17-8-4-10(12)11(13)15-2/h10H,3-9,12H2,1-2H3. The van der Waals surface area contributed by atoms with Crippen LogP contribution >= 0.6 is 11.8 Å². The van der Waals surface area contributed by atoms with Crippen LogP contribution in [0, 0.1) is 0 Å². The summed E-state index contributed by atoms with van der Waals surface area (Å²) in [6.07, 6.45) is 1.56. The van der Waals surface area contributed by atoms with Gasteiger partial charge in [0.15, 0.2) is 0 Å². The van der Waals surface area contributed by atoms with Crippen molar-refractivity contribution < 1.29 is 19.0 Å². The summed E-state index contributed by atoms with van der Waals surface area (Å²) in [6.45, 7) is 2.19. The van der Waals surface area contributed by atoms with E-state index in [1.807, 2.05) is 0 Å². The van der Waals surface area contributed by atoms with Gasteiger partial charge in [-0.2, -0.15) is 11.8 Å². The predicted molar refractivity (Wildman–Crippen MR) is 69.2 cm³/mol. The number of carbonyl (C=O) groups excluding carboxylic acids is 1. The molecule has 5 nitrogen and oxygen atoms in total. The lowest BCUT2D eigenvalue weighted by Crippen LogP contribution is -2.32. The summed E-state index contributed by atoms with van der Waals surface area (Å²) in [5.41, 5.74) is 5.59. The van der Waals surface area contributed by atoms with Crippen molar-refractivity contribution in [3.05, 3.63) is 0 Å². The van der Waals surface area contributed by atoms with Gasteiger partial charge in [-0.15, -0.1) is 0 Å². The number of thioether (sulfide) groups is 1. The molecule has 2 N–H and O–H groups in total. The molecule has 0 aliphatic rings. The van der Waals surface area contributed by atoms with Crippen molar-refractivity contribution in [2.75, 3.05) is 45.5 Å². The van der Waals surface area contributed by atoms with Crippen molar-refractivity contribution in [2.24, 2.45) is 5.73 Å². The lowest BCUT2D eigenvalue weighted by Gasteiger charge is -2.08. The Hall–Kier alpha value is -0.300. The first-order valence-electron chi connectivity index (χ1n) is 5.70. The normalized spacial score (nSPS) is 12.4. The largest absolute Gasteiger partial charge is 0.468 e. The molecule has 0 saturated heterocycles. The van der Waals surface area contributed by atoms with Crippen LogP contribution < -0.4 is 5.73 Å². The molecule has 0 radical (unpaired) electrons. The zero-order chi connectivity index (χ0) is 12.9. The minimum Gasteiger partial charge on any atom is -0.468 e. The van der Waals surface area contributed by atoms with Gasteiger partial charge in [0, 0.05) is 26.1 Å². The van der Waals surface area contributed by atoms with E-state index >= 15 is 0 Å². The van der Waals surface area contributed by atoms with Crippen LogP contribution in [0.1, 0.15) is 12.8 Å². The lowest BCUT2D eigenvalue weighted by molar-refractivity contribution is -0.142. The van der Waals surface area contributed by atoms with E-state index in [2.05, 4.69) is 4.74 Å². The number of hydrogen-bond acceptors (Lipinski definition) is 6. The van der Waals surface area contributed by atoms with Crippen LogP contribution in [-0.4, -0.2) is 57.6 Å². The summed E-state index contributed by atoms with van der Waals surface area (Å²) in [6, 6.07) is -0.505. The Kier molecular flexibility index (Phi) is 12.0. The van der Waals surface area contributed by atoms with Crippen LogP contribution in [0.2, 0.25) is 0 Å². The Morgan fingerprint density at radius 2 is 2.00 bits per heavy atom. The first-order valence-corrected chi connectivity index (χ1v) is 6.85. The number of rotatable bonds is 11. The second kappa shape index (κ2) is 12.2. The second-order valence-electron chi connectivity index (χ2n) is 3.49. The number of ether oxygens (including phenoxy) is 3. The SMILES string of the molecule is COCCCOCCSCCC(N)C(=O)OC. The Bertz CT molecular complexity index is 192. The molecule has 0 amide bonds. The lowest BCUT2D eigenvalue weighted by atomic mass is 10.2. The highest BCUT2D eigenvalue weighted by molar-refractivity contribution is 7.99. The first-order chi connectivity index (χ1) is 8.22. The van der Waals surface area contributed by atoms with E-state index in [-0.39, 0.29) is 5.97 Å². The van der Waals surface area contributed by atoms with Gasteiger partial charge in [0.25, 0.3) is 0 Å². The van der Waals surface area contributed by atoms with E-state index in [1.54, 1.807) is 18.9 Å². The van der Waals surface area contributed by atoms with Crippen molar-refractivity contribution in [2.45, 2.75) is 18.9 Å². The van der Waals surface area contributed by atoms with Crippen LogP contribution in [0.15, 0.2) is 0 Å². The molecule has 0 aliphatic carbocycles. The summed E-state index contributed by atoms with van der Waals surface area (Å²) < 4.78 is 14.8. The molecular formula is C11H23NO4S. The van der Waals surface area contributed by atoms with Gasteiger partial charge in [0.1, 0.15) is 6.04 Å². The maximum absolute atomic E-state index is 11.0. The Morgan fingerprint density at radius 1 is 1.24 bits per heavy atom. The Morgan fingerprint density at radius 3 is 2.65 bits per heavy atom. The third-order valence-corrected chi connectivity index (χ3v) is 3.07. The van der Waals surface area contributed by atoms with Gasteiger partial charge in [-0.1, -0.05) is 0 Å². The molecule has 1 atom stereocenters. The van der Waals surface area contributed by atoms with Gasteiger partial charge < -0.3 is 19.9 Å². The van der Waals surface area contributed by atoms with E-state index in [0.29, 0.717) is 6.42 Å². The summed E-state index contributed by atoms with van der Waals surface area (Å²) >= 11 is 1.73. The number of esters is 1. The molecule has 0 aliphatic heterocycles. The van der Waals surface area contributed by atoms with E-state index in [4.69, 9.17) is 15.2 Å². The fourth-order valence-corrected chi connectivity index (χ4v) is 1.97. The minimum atomic E-state index is -0.505. The molecule has 6 heteroatoms. The molecule has 0 aromatic carbocycles. The van der Waals surface area contributed by atoms with Crippen LogP contribution in [0.3, 0.4) is 0 Å². The average molecular weight is 265 g/mol. The molecule has 0 rings (SSSR count). The van der Waals surface area contributed by atoms with Crippen molar-refractivity contribution in [3.63, 3.8) is 0 Å². The van der Waals surface area contributed by atoms with E-state index in [9.17, 15) is 4.79 Å². The number of nitrogens with two attached hydrogens (primary N) is 1. The summed E-state index contributed by atoms with van der Waals surface area (Å²) in [5, 5.41) is 0. The van der Waals surface area contributed by atoms with Gasteiger partial charge in [-0.05, 0) is 18.6 Å². The Labute approximate surface area is 107 Å². The van der Waals surface area contributed by atoms with Crippen LogP contribution in [0.4, 0.5) is 0 Å². The number of carbonyl (C=O) groups is 1. The third-order valence-electron chi connectivity index (χ3n) is 2.09. The number of hydrogen-bond donors (Lipinski definition) is 1. The van der Waals surface area contributed by atoms with Gasteiger partial charge in [-0.3, -0.25) is 4.79 Å². The summed E-state index contributed by atoms with van der Waals surface area (Å²) in [5.74, 6) is 1.42. The van der Waals surface area contributed by atoms with E-state index in [1.165, 1.54) is 7.11 Å². The van der Waals surface area contributed by atoms with Crippen LogP contribution in [0.25, 0.3) is 0 Å². The fraction of sp³-hybridized carbons (Fsp3) is 0.909. The molecule has 0 bridgehead atoms. The zero-order valence-corrected chi connectivity index (χ0v) is 11.5. The van der Waals surface area contributed by atoms with Crippen LogP contribution in [-0.2, 0) is 19.0 Å². The second-order valence-corrected chi connectivity index (χ2v) is 4.71. The highest BCUT2D eigenvalue weighted by Crippen LogP contribution is 2.04. The topological polar surface area (TPSA) is 70.8 Å². The van der Waals surface area contributed by atoms with Gasteiger partial charge in [0.2, 0.25) is 0 Å². The summed E-state index contributed by atoms with van der Waals surface area (Å²) in [7, 11) is 3.03. The smallest absolute Gasteiger partial charge is 0.322 e. The van der Waals surface area contributed by atoms with Crippen LogP contribution in [0.5, 0.6) is 0 Å². The number of methoxy groups -OCH3 is 2. The monoisotopic (exact) mass is 265 g/mol. The molecule has 0 heterocycles. The third kappa shape index (κ3) is 10.6. The molecule has 0 aromatic rings. The molecule has 0 fully saturated rings. The molecule has 17 heavy (non-hydrogen) atoms. The maximum atomic E-state index is 11.0. The molecule has 0 saturated carbocycles. The van der Waals surface area contributed by atoms with Crippen molar-refractivity contribution in [1.82, 2.24) is 0 Å². The highest BCUT2D eigenvalue weighted by Gasteiger charge is 2.12. The zero-order valence-electron chi connectivity index (χ0n) is 10.6. The van der Waals surface area contributed by atoms with Crippen molar-refractivity contribution in [1.29, 1.82) is 0 Å². The maximum Gasteiger partial charge on any atom is 0.322 e. The quantitative estimate of drug-likeness (QED) is 0.437. The fourth-order valence-electron chi connectivity index (χ4n) is 1.11. The van der Waals surface area contributed by atoms with E-state index < -0.39 is 6.04 Å². The Balaban J connectivity index is 3.15. The van der Waals surface area contributed by atoms with Crippen molar-refractivity contribution >= 4 is 17.7 Å². The summed E-state index contributed by atoms with van der Waals surface area (Å²) in [4.78, 5) is 11.0. The van der Waals surface area contributed by atoms with Gasteiger partial charge >= 0.3 is 5.97 Å².